The van der Waals surface area contributed by atoms with Crippen LogP contribution >= 0.6 is 11.8 Å². The summed E-state index contributed by atoms with van der Waals surface area (Å²) in [5.41, 5.74) is 3.46. The van der Waals surface area contributed by atoms with Gasteiger partial charge in [-0.3, -0.25) is 4.79 Å². The van der Waals surface area contributed by atoms with Crippen LogP contribution < -0.4 is 29.0 Å². The monoisotopic (exact) mass is 504 g/mol. The number of nitrogens with zero attached hydrogens (tertiary/aromatic N) is 1. The zero-order valence-electron chi connectivity index (χ0n) is 20.0. The molecule has 5 rings (SSSR count). The number of fused-ring (bicyclic) bond motifs is 1. The van der Waals surface area contributed by atoms with Crippen LogP contribution in [0.1, 0.15) is 16.7 Å². The van der Waals surface area contributed by atoms with Crippen LogP contribution in [0.25, 0.3) is 6.08 Å². The lowest BCUT2D eigenvalue weighted by atomic mass is 10.1. The molecule has 1 fully saturated rings. The average molecular weight is 505 g/mol. The summed E-state index contributed by atoms with van der Waals surface area (Å²) in [5.74, 6) is 3.02. The highest BCUT2D eigenvalue weighted by Gasteiger charge is 2.24. The Morgan fingerprint density at radius 2 is 1.78 bits per heavy atom. The van der Waals surface area contributed by atoms with Gasteiger partial charge in [0.1, 0.15) is 18.0 Å². The average Bonchev–Trinajstić information content (AvgIpc) is 3.48. The van der Waals surface area contributed by atoms with Crippen molar-refractivity contribution < 1.29 is 28.5 Å². The molecule has 3 aromatic carbocycles. The van der Waals surface area contributed by atoms with Gasteiger partial charge >= 0.3 is 0 Å². The van der Waals surface area contributed by atoms with Crippen molar-refractivity contribution in [3.05, 3.63) is 76.2 Å². The van der Waals surface area contributed by atoms with Crippen molar-refractivity contribution in [3.8, 4) is 28.7 Å². The van der Waals surface area contributed by atoms with Crippen LogP contribution in [0, 0.1) is 6.92 Å². The van der Waals surface area contributed by atoms with Crippen molar-refractivity contribution in [3.63, 3.8) is 0 Å². The number of aryl methyl sites for hydroxylation is 1. The lowest BCUT2D eigenvalue weighted by molar-refractivity contribution is -0.115. The molecule has 0 bridgehead atoms. The predicted molar refractivity (Wildman–Crippen MR) is 138 cm³/mol. The Balaban J connectivity index is 1.30. The Bertz CT molecular complexity index is 1380. The highest BCUT2D eigenvalue weighted by Crippen LogP contribution is 2.36. The number of carbonyl (C=O) groups is 1. The Morgan fingerprint density at radius 3 is 2.61 bits per heavy atom. The second-order valence-corrected chi connectivity index (χ2v) is 9.07. The molecular formula is C27H24N2O6S. The molecule has 36 heavy (non-hydrogen) atoms. The molecule has 0 spiro atoms. The highest BCUT2D eigenvalue weighted by molar-refractivity contribution is 8.18. The van der Waals surface area contributed by atoms with E-state index in [9.17, 15) is 4.79 Å². The number of ether oxygens (including phenoxy) is 5. The van der Waals surface area contributed by atoms with Crippen molar-refractivity contribution in [2.75, 3.05) is 21.0 Å². The summed E-state index contributed by atoms with van der Waals surface area (Å²) < 4.78 is 27.7. The first-order chi connectivity index (χ1) is 17.5. The minimum Gasteiger partial charge on any atom is -0.494 e. The predicted octanol–water partition coefficient (Wildman–Crippen LogP) is 5.21. The molecule has 2 aliphatic heterocycles. The zero-order valence-corrected chi connectivity index (χ0v) is 20.8. The number of nitrogens with one attached hydrogen (secondary N) is 1. The van der Waals surface area contributed by atoms with Crippen molar-refractivity contribution in [1.29, 1.82) is 0 Å². The van der Waals surface area contributed by atoms with E-state index in [0.29, 0.717) is 45.4 Å². The minimum atomic E-state index is -0.215. The lowest BCUT2D eigenvalue weighted by Gasteiger charge is -2.12. The smallest absolute Gasteiger partial charge is 0.264 e. The molecule has 2 heterocycles. The van der Waals surface area contributed by atoms with Gasteiger partial charge in [-0.05, 0) is 77.9 Å². The Kier molecular flexibility index (Phi) is 6.73. The molecule has 1 saturated heterocycles. The number of aliphatic imine (C=N–C) groups is 1. The first-order valence-electron chi connectivity index (χ1n) is 11.2. The third-order valence-electron chi connectivity index (χ3n) is 5.52. The molecular weight excluding hydrogens is 480 g/mol. The summed E-state index contributed by atoms with van der Waals surface area (Å²) in [6.07, 6.45) is 1.79. The SMILES string of the molecule is COc1ccc(C)cc1N=C1NC(=O)/C(=C/c2ccc(OCc3ccc4c(c3)OCO4)c(OC)c2)S1. The summed E-state index contributed by atoms with van der Waals surface area (Å²) in [5, 5.41) is 3.31. The van der Waals surface area contributed by atoms with Gasteiger partial charge in [-0.2, -0.15) is 0 Å². The van der Waals surface area contributed by atoms with Crippen LogP contribution in [-0.2, 0) is 11.4 Å². The first kappa shape index (κ1) is 23.6. The number of hydrogen-bond donors (Lipinski definition) is 1. The number of hydrogen-bond acceptors (Lipinski definition) is 8. The van der Waals surface area contributed by atoms with Crippen molar-refractivity contribution in [2.45, 2.75) is 13.5 Å². The lowest BCUT2D eigenvalue weighted by Crippen LogP contribution is -2.19. The van der Waals surface area contributed by atoms with Crippen LogP contribution in [-0.4, -0.2) is 32.1 Å². The fourth-order valence-electron chi connectivity index (χ4n) is 3.71. The van der Waals surface area contributed by atoms with Gasteiger partial charge in [-0.15, -0.1) is 0 Å². The quantitative estimate of drug-likeness (QED) is 0.442. The van der Waals surface area contributed by atoms with Gasteiger partial charge in [-0.1, -0.05) is 18.2 Å². The number of rotatable bonds is 7. The molecule has 3 aromatic rings. The van der Waals surface area contributed by atoms with Crippen LogP contribution in [0.4, 0.5) is 5.69 Å². The maximum atomic E-state index is 12.6. The third-order valence-corrected chi connectivity index (χ3v) is 6.43. The maximum absolute atomic E-state index is 12.6. The van der Waals surface area contributed by atoms with Crippen molar-refractivity contribution in [2.24, 2.45) is 4.99 Å². The largest absolute Gasteiger partial charge is 0.494 e. The molecule has 8 nitrogen and oxygen atoms in total. The van der Waals surface area contributed by atoms with E-state index in [0.717, 1.165) is 22.4 Å². The zero-order chi connectivity index (χ0) is 25.1. The van der Waals surface area contributed by atoms with Gasteiger partial charge in [0.15, 0.2) is 28.2 Å². The van der Waals surface area contributed by atoms with E-state index in [1.54, 1.807) is 20.3 Å². The van der Waals surface area contributed by atoms with Gasteiger partial charge in [0.25, 0.3) is 5.91 Å². The Morgan fingerprint density at radius 1 is 0.972 bits per heavy atom. The number of thioether (sulfide) groups is 1. The van der Waals surface area contributed by atoms with Crippen LogP contribution in [0.5, 0.6) is 28.7 Å². The normalized spacial score (nSPS) is 16.4. The van der Waals surface area contributed by atoms with E-state index in [4.69, 9.17) is 23.7 Å². The van der Waals surface area contributed by atoms with Crippen molar-refractivity contribution >= 4 is 34.6 Å². The number of carbonyl (C=O) groups excluding carboxylic acids is 1. The van der Waals surface area contributed by atoms with Gasteiger partial charge in [0, 0.05) is 0 Å². The summed E-state index contributed by atoms with van der Waals surface area (Å²) in [4.78, 5) is 17.7. The first-order valence-corrected chi connectivity index (χ1v) is 12.0. The molecule has 0 radical (unpaired) electrons. The minimum absolute atomic E-state index is 0.215. The van der Waals surface area contributed by atoms with E-state index in [2.05, 4.69) is 10.3 Å². The molecule has 9 heteroatoms. The molecule has 0 aromatic heterocycles. The van der Waals surface area contributed by atoms with Crippen LogP contribution in [0.2, 0.25) is 0 Å². The summed E-state index contributed by atoms with van der Waals surface area (Å²) in [7, 11) is 3.17. The highest BCUT2D eigenvalue weighted by atomic mass is 32.2. The van der Waals surface area contributed by atoms with Gasteiger partial charge in [0.2, 0.25) is 6.79 Å². The number of amidine groups is 1. The molecule has 0 saturated carbocycles. The van der Waals surface area contributed by atoms with E-state index in [1.165, 1.54) is 11.8 Å². The topological polar surface area (TPSA) is 87.6 Å². The Labute approximate surface area is 212 Å². The van der Waals surface area contributed by atoms with Crippen LogP contribution in [0.15, 0.2) is 64.5 Å². The standard InChI is InChI=1S/C27H24N2O6S/c1-16-4-7-20(31-2)19(10-16)28-27-29-26(30)25(36-27)13-17-5-8-21(23(11-17)32-3)33-14-18-6-9-22-24(12-18)35-15-34-22/h4-13H,14-15H2,1-3H3,(H,28,29,30)/b25-13-. The van der Waals surface area contributed by atoms with E-state index in [1.807, 2.05) is 61.5 Å². The molecule has 2 aliphatic rings. The van der Waals surface area contributed by atoms with E-state index in [-0.39, 0.29) is 12.7 Å². The fraction of sp³-hybridized carbons (Fsp3) is 0.185. The molecule has 0 aliphatic carbocycles. The maximum Gasteiger partial charge on any atom is 0.264 e. The van der Waals surface area contributed by atoms with E-state index < -0.39 is 0 Å². The van der Waals surface area contributed by atoms with Gasteiger partial charge in [0.05, 0.1) is 19.1 Å². The van der Waals surface area contributed by atoms with E-state index >= 15 is 0 Å². The summed E-state index contributed by atoms with van der Waals surface area (Å²) >= 11 is 1.27. The molecule has 0 unspecified atom stereocenters. The molecule has 0 atom stereocenters. The number of benzene rings is 3. The molecule has 1 amide bonds. The third kappa shape index (κ3) is 5.11. The number of amides is 1. The second kappa shape index (κ2) is 10.2. The number of methoxy groups -OCH3 is 2. The summed E-state index contributed by atoms with van der Waals surface area (Å²) in [6.45, 7) is 2.55. The fourth-order valence-corrected chi connectivity index (χ4v) is 4.55. The molecule has 1 N–H and O–H groups in total. The molecule has 184 valence electrons. The van der Waals surface area contributed by atoms with Crippen molar-refractivity contribution in [1.82, 2.24) is 5.32 Å². The Hall–Kier alpha value is -4.11. The van der Waals surface area contributed by atoms with Gasteiger partial charge < -0.3 is 29.0 Å². The second-order valence-electron chi connectivity index (χ2n) is 8.04. The van der Waals surface area contributed by atoms with Crippen LogP contribution in [0.3, 0.4) is 0 Å². The van der Waals surface area contributed by atoms with Gasteiger partial charge in [-0.25, -0.2) is 4.99 Å². The summed E-state index contributed by atoms with van der Waals surface area (Å²) in [6, 6.07) is 16.9.